The number of esters is 1. The molecule has 150 valence electrons. The van der Waals surface area contributed by atoms with E-state index in [9.17, 15) is 14.4 Å². The molecule has 2 amide bonds. The SMILES string of the molecule is CC[C@H](NC(=O)c1ccc(C#Cc2ccc(NC(=O)CBr)cc2)cc1)C(=O)OC. The van der Waals surface area contributed by atoms with E-state index in [4.69, 9.17) is 0 Å². The summed E-state index contributed by atoms with van der Waals surface area (Å²) in [6.07, 6.45) is 0.445. The lowest BCUT2D eigenvalue weighted by molar-refractivity contribution is -0.142. The number of ether oxygens (including phenoxy) is 1. The van der Waals surface area contributed by atoms with Gasteiger partial charge in [-0.05, 0) is 55.0 Å². The molecule has 6 nitrogen and oxygen atoms in total. The second-order valence-corrected chi connectivity index (χ2v) is 6.60. The lowest BCUT2D eigenvalue weighted by Gasteiger charge is -2.14. The van der Waals surface area contributed by atoms with Gasteiger partial charge in [-0.15, -0.1) is 0 Å². The first kappa shape index (κ1) is 22.2. The third-order valence-electron chi connectivity index (χ3n) is 3.99. The zero-order chi connectivity index (χ0) is 21.2. The summed E-state index contributed by atoms with van der Waals surface area (Å²) in [6, 6.07) is 13.3. The molecule has 0 saturated carbocycles. The zero-order valence-corrected chi connectivity index (χ0v) is 17.7. The Kier molecular flexibility index (Phi) is 8.44. The summed E-state index contributed by atoms with van der Waals surface area (Å²) >= 11 is 3.10. The van der Waals surface area contributed by atoms with Gasteiger partial charge >= 0.3 is 5.97 Å². The lowest BCUT2D eigenvalue weighted by atomic mass is 10.1. The van der Waals surface area contributed by atoms with Gasteiger partial charge in [0, 0.05) is 22.4 Å². The van der Waals surface area contributed by atoms with Crippen LogP contribution in [0.1, 0.15) is 34.8 Å². The molecule has 2 N–H and O–H groups in total. The largest absolute Gasteiger partial charge is 0.467 e. The number of carbonyl (C=O) groups excluding carboxylic acids is 3. The van der Waals surface area contributed by atoms with Crippen LogP contribution in [0.3, 0.4) is 0 Å². The Hall–Kier alpha value is -3.11. The molecule has 0 unspecified atom stereocenters. The van der Waals surface area contributed by atoms with E-state index in [0.717, 1.165) is 11.1 Å². The number of benzene rings is 2. The topological polar surface area (TPSA) is 84.5 Å². The van der Waals surface area contributed by atoms with Gasteiger partial charge in [0.2, 0.25) is 5.91 Å². The first-order valence-corrected chi connectivity index (χ1v) is 10.1. The van der Waals surface area contributed by atoms with Crippen LogP contribution in [0.15, 0.2) is 48.5 Å². The van der Waals surface area contributed by atoms with E-state index in [-0.39, 0.29) is 17.1 Å². The molecule has 0 aliphatic rings. The van der Waals surface area contributed by atoms with E-state index in [1.807, 2.05) is 12.1 Å². The van der Waals surface area contributed by atoms with Crippen LogP contribution in [0, 0.1) is 11.8 Å². The van der Waals surface area contributed by atoms with Crippen molar-refractivity contribution in [2.24, 2.45) is 0 Å². The van der Waals surface area contributed by atoms with Crippen LogP contribution in [0.5, 0.6) is 0 Å². The van der Waals surface area contributed by atoms with Crippen LogP contribution in [0.25, 0.3) is 0 Å². The van der Waals surface area contributed by atoms with Gasteiger partial charge in [0.15, 0.2) is 0 Å². The Morgan fingerprint density at radius 3 is 2.03 bits per heavy atom. The highest BCUT2D eigenvalue weighted by molar-refractivity contribution is 9.09. The van der Waals surface area contributed by atoms with Crippen molar-refractivity contribution < 1.29 is 19.1 Å². The van der Waals surface area contributed by atoms with Gasteiger partial charge in [0.25, 0.3) is 5.91 Å². The summed E-state index contributed by atoms with van der Waals surface area (Å²) in [5, 5.41) is 5.63. The third kappa shape index (κ3) is 6.77. The number of carbonyl (C=O) groups is 3. The molecular formula is C22H21BrN2O4. The van der Waals surface area contributed by atoms with E-state index in [0.29, 0.717) is 17.7 Å². The maximum Gasteiger partial charge on any atom is 0.328 e. The van der Waals surface area contributed by atoms with Gasteiger partial charge in [0.1, 0.15) is 6.04 Å². The van der Waals surface area contributed by atoms with Crippen molar-refractivity contribution in [1.82, 2.24) is 5.32 Å². The molecule has 1 atom stereocenters. The predicted molar refractivity (Wildman–Crippen MR) is 115 cm³/mol. The number of halogens is 1. The molecule has 0 heterocycles. The zero-order valence-electron chi connectivity index (χ0n) is 16.1. The van der Waals surface area contributed by atoms with Gasteiger partial charge < -0.3 is 15.4 Å². The summed E-state index contributed by atoms with van der Waals surface area (Å²) < 4.78 is 4.67. The van der Waals surface area contributed by atoms with Crippen molar-refractivity contribution in [2.75, 3.05) is 17.8 Å². The molecule has 7 heteroatoms. The molecule has 0 aliphatic carbocycles. The van der Waals surface area contributed by atoms with Crippen molar-refractivity contribution in [3.63, 3.8) is 0 Å². The second-order valence-electron chi connectivity index (χ2n) is 6.04. The Labute approximate surface area is 178 Å². The Balaban J connectivity index is 2.01. The van der Waals surface area contributed by atoms with Crippen LogP contribution in [-0.4, -0.2) is 36.3 Å². The Morgan fingerprint density at radius 2 is 1.55 bits per heavy atom. The molecule has 29 heavy (non-hydrogen) atoms. The number of hydrogen-bond acceptors (Lipinski definition) is 4. The van der Waals surface area contributed by atoms with E-state index >= 15 is 0 Å². The first-order chi connectivity index (χ1) is 14.0. The maximum atomic E-state index is 12.3. The lowest BCUT2D eigenvalue weighted by Crippen LogP contribution is -2.41. The standard InChI is InChI=1S/C22H21BrN2O4/c1-3-19(22(28)29-2)25-21(27)17-10-6-15(7-11-17)4-5-16-8-12-18(13-9-16)24-20(26)14-23/h6-13,19H,3,14H2,1-2H3,(H,24,26)(H,25,27)/t19-/m0/s1. The van der Waals surface area contributed by atoms with Gasteiger partial charge in [-0.25, -0.2) is 4.79 Å². The fraction of sp³-hybridized carbons (Fsp3) is 0.227. The molecule has 0 fully saturated rings. The monoisotopic (exact) mass is 456 g/mol. The highest BCUT2D eigenvalue weighted by Crippen LogP contribution is 2.10. The predicted octanol–water partition coefficient (Wildman–Crippen LogP) is 3.10. The maximum absolute atomic E-state index is 12.3. The number of rotatable bonds is 6. The molecule has 0 radical (unpaired) electrons. The van der Waals surface area contributed by atoms with Crippen molar-refractivity contribution in [3.05, 3.63) is 65.2 Å². The molecule has 0 bridgehead atoms. The summed E-state index contributed by atoms with van der Waals surface area (Å²) in [5.41, 5.74) is 2.68. The van der Waals surface area contributed by atoms with Gasteiger partial charge in [-0.1, -0.05) is 34.7 Å². The molecule has 0 aliphatic heterocycles. The minimum atomic E-state index is -0.672. The smallest absolute Gasteiger partial charge is 0.328 e. The Bertz CT molecular complexity index is 928. The number of nitrogens with one attached hydrogen (secondary N) is 2. The molecule has 0 spiro atoms. The van der Waals surface area contributed by atoms with Gasteiger partial charge in [0.05, 0.1) is 12.4 Å². The van der Waals surface area contributed by atoms with Gasteiger partial charge in [-0.2, -0.15) is 0 Å². The number of anilines is 1. The minimum Gasteiger partial charge on any atom is -0.467 e. The minimum absolute atomic E-state index is 0.121. The summed E-state index contributed by atoms with van der Waals surface area (Å²) in [4.78, 5) is 35.2. The molecular weight excluding hydrogens is 436 g/mol. The van der Waals surface area contributed by atoms with Crippen LogP contribution >= 0.6 is 15.9 Å². The number of hydrogen-bond donors (Lipinski definition) is 2. The van der Waals surface area contributed by atoms with Gasteiger partial charge in [-0.3, -0.25) is 9.59 Å². The van der Waals surface area contributed by atoms with Crippen LogP contribution in [-0.2, 0) is 14.3 Å². The van der Waals surface area contributed by atoms with Crippen molar-refractivity contribution in [2.45, 2.75) is 19.4 Å². The normalized spacial score (nSPS) is 10.9. The molecule has 0 aromatic heterocycles. The summed E-state index contributed by atoms with van der Waals surface area (Å²) in [7, 11) is 1.29. The van der Waals surface area contributed by atoms with Crippen LogP contribution < -0.4 is 10.6 Å². The van der Waals surface area contributed by atoms with Crippen molar-refractivity contribution in [3.8, 4) is 11.8 Å². The highest BCUT2D eigenvalue weighted by Gasteiger charge is 2.19. The Morgan fingerprint density at radius 1 is 1.00 bits per heavy atom. The third-order valence-corrected chi connectivity index (χ3v) is 4.50. The van der Waals surface area contributed by atoms with E-state index in [2.05, 4.69) is 43.1 Å². The van der Waals surface area contributed by atoms with Crippen LogP contribution in [0.2, 0.25) is 0 Å². The van der Waals surface area contributed by atoms with Crippen molar-refractivity contribution >= 4 is 39.4 Å². The molecule has 2 rings (SSSR count). The fourth-order valence-corrected chi connectivity index (χ4v) is 2.53. The molecule has 2 aromatic rings. The quantitative estimate of drug-likeness (QED) is 0.397. The molecule has 0 saturated heterocycles. The van der Waals surface area contributed by atoms with E-state index < -0.39 is 12.0 Å². The summed E-state index contributed by atoms with van der Waals surface area (Å²) in [5.74, 6) is 5.13. The number of amides is 2. The van der Waals surface area contributed by atoms with E-state index in [1.165, 1.54) is 7.11 Å². The van der Waals surface area contributed by atoms with Crippen LogP contribution in [0.4, 0.5) is 5.69 Å². The van der Waals surface area contributed by atoms with E-state index in [1.54, 1.807) is 43.3 Å². The number of alkyl halides is 1. The average molecular weight is 457 g/mol. The fourth-order valence-electron chi connectivity index (χ4n) is 2.39. The number of methoxy groups -OCH3 is 1. The second kappa shape index (κ2) is 11.0. The average Bonchev–Trinajstić information content (AvgIpc) is 2.76. The summed E-state index contributed by atoms with van der Waals surface area (Å²) in [6.45, 7) is 1.79. The highest BCUT2D eigenvalue weighted by atomic mass is 79.9. The molecule has 2 aromatic carbocycles. The van der Waals surface area contributed by atoms with Crippen molar-refractivity contribution in [1.29, 1.82) is 0 Å². The first-order valence-electron chi connectivity index (χ1n) is 8.93.